The van der Waals surface area contributed by atoms with E-state index >= 15 is 0 Å². The van der Waals surface area contributed by atoms with Gasteiger partial charge in [0.15, 0.2) is 17.2 Å². The third kappa shape index (κ3) is 1.66. The summed E-state index contributed by atoms with van der Waals surface area (Å²) in [5, 5.41) is 0.118. The maximum atomic E-state index is 13.1. The molecule has 0 spiro atoms. The second-order valence-corrected chi connectivity index (χ2v) is 3.10. The molecule has 0 saturated heterocycles. The van der Waals surface area contributed by atoms with Crippen LogP contribution in [0.15, 0.2) is 28.7 Å². The van der Waals surface area contributed by atoms with Gasteiger partial charge in [-0.3, -0.25) is 4.79 Å². The summed E-state index contributed by atoms with van der Waals surface area (Å²) in [6, 6.07) is 4.58. The molecule has 0 aliphatic heterocycles. The molecule has 1 aromatic heterocycles. The highest BCUT2D eigenvalue weighted by Crippen LogP contribution is 2.27. The van der Waals surface area contributed by atoms with Crippen molar-refractivity contribution in [3.8, 4) is 0 Å². The van der Waals surface area contributed by atoms with Crippen LogP contribution in [-0.2, 0) is 0 Å². The summed E-state index contributed by atoms with van der Waals surface area (Å²) >= 11 is 0. The highest BCUT2D eigenvalue weighted by atomic mass is 19.4. The molecule has 0 unspecified atom stereocenters. The van der Waals surface area contributed by atoms with Crippen LogP contribution in [0.1, 0.15) is 10.6 Å². The number of Topliss-reactive ketones (excluding diaryl/α,β-unsaturated/α-hetero) is 1. The van der Waals surface area contributed by atoms with Crippen LogP contribution in [-0.4, -0.2) is 12.0 Å². The van der Waals surface area contributed by atoms with Gasteiger partial charge in [-0.15, -0.1) is 0 Å². The van der Waals surface area contributed by atoms with E-state index in [4.69, 9.17) is 0 Å². The number of furan rings is 1. The number of halogens is 4. The van der Waals surface area contributed by atoms with E-state index in [0.29, 0.717) is 0 Å². The molecule has 1 heterocycles. The molecule has 16 heavy (non-hydrogen) atoms. The van der Waals surface area contributed by atoms with Crippen molar-refractivity contribution in [1.29, 1.82) is 0 Å². The lowest BCUT2D eigenvalue weighted by atomic mass is 10.2. The largest absolute Gasteiger partial charge is 0.458 e. The van der Waals surface area contributed by atoms with E-state index in [2.05, 4.69) is 4.42 Å². The summed E-state index contributed by atoms with van der Waals surface area (Å²) in [5.41, 5.74) is -0.352. The van der Waals surface area contributed by atoms with Crippen LogP contribution in [0.4, 0.5) is 17.6 Å². The van der Waals surface area contributed by atoms with Crippen molar-refractivity contribution < 1.29 is 26.8 Å². The van der Waals surface area contributed by atoms with Crippen molar-refractivity contribution in [2.45, 2.75) is 6.18 Å². The second-order valence-electron chi connectivity index (χ2n) is 3.10. The summed E-state index contributed by atoms with van der Waals surface area (Å²) < 4.78 is 53.8. The predicted molar refractivity (Wildman–Crippen MR) is 46.6 cm³/mol. The fourth-order valence-corrected chi connectivity index (χ4v) is 1.28. The van der Waals surface area contributed by atoms with Crippen molar-refractivity contribution in [1.82, 2.24) is 0 Å². The van der Waals surface area contributed by atoms with Gasteiger partial charge in [0.1, 0.15) is 0 Å². The molecule has 1 aromatic carbocycles. The maximum absolute atomic E-state index is 13.1. The summed E-state index contributed by atoms with van der Waals surface area (Å²) in [5.74, 6) is -3.84. The van der Waals surface area contributed by atoms with Crippen LogP contribution in [0.3, 0.4) is 0 Å². The molecule has 0 bridgehead atoms. The van der Waals surface area contributed by atoms with Gasteiger partial charge in [-0.25, -0.2) is 4.39 Å². The third-order valence-electron chi connectivity index (χ3n) is 1.98. The number of fused-ring (bicyclic) bond motifs is 1. The maximum Gasteiger partial charge on any atom is 0.458 e. The van der Waals surface area contributed by atoms with E-state index in [1.54, 1.807) is 0 Å². The molecule has 0 amide bonds. The van der Waals surface area contributed by atoms with Crippen molar-refractivity contribution in [3.05, 3.63) is 35.8 Å². The molecule has 0 aliphatic carbocycles. The Bertz CT molecular complexity index is 553. The van der Waals surface area contributed by atoms with E-state index in [9.17, 15) is 22.4 Å². The van der Waals surface area contributed by atoms with Gasteiger partial charge in [-0.2, -0.15) is 13.2 Å². The monoisotopic (exact) mass is 232 g/mol. The number of para-hydroxylation sites is 1. The Hall–Kier alpha value is -1.85. The topological polar surface area (TPSA) is 30.2 Å². The number of alkyl halides is 3. The lowest BCUT2D eigenvalue weighted by molar-refractivity contribution is -0.0898. The quantitative estimate of drug-likeness (QED) is 0.557. The number of carbonyl (C=O) groups excluding carboxylic acids is 1. The van der Waals surface area contributed by atoms with E-state index in [-0.39, 0.29) is 11.0 Å². The summed E-state index contributed by atoms with van der Waals surface area (Å²) in [6.07, 6.45) is -5.02. The van der Waals surface area contributed by atoms with Crippen molar-refractivity contribution in [3.63, 3.8) is 0 Å². The van der Waals surface area contributed by atoms with Gasteiger partial charge in [-0.1, -0.05) is 12.1 Å². The van der Waals surface area contributed by atoms with Gasteiger partial charge < -0.3 is 4.42 Å². The Balaban J connectivity index is 2.56. The zero-order valence-corrected chi connectivity index (χ0v) is 7.64. The first-order valence-corrected chi connectivity index (χ1v) is 4.19. The molecule has 0 saturated carbocycles. The Morgan fingerprint density at radius 1 is 1.25 bits per heavy atom. The van der Waals surface area contributed by atoms with Gasteiger partial charge in [0.05, 0.1) is 0 Å². The highest BCUT2D eigenvalue weighted by molar-refractivity contribution is 6.01. The molecule has 2 rings (SSSR count). The summed E-state index contributed by atoms with van der Waals surface area (Å²) in [7, 11) is 0. The Morgan fingerprint density at radius 2 is 1.94 bits per heavy atom. The average Bonchev–Trinajstić information content (AvgIpc) is 2.60. The molecular formula is C10H4F4O2. The van der Waals surface area contributed by atoms with Crippen molar-refractivity contribution in [2.24, 2.45) is 0 Å². The number of hydrogen-bond acceptors (Lipinski definition) is 2. The average molecular weight is 232 g/mol. The normalized spacial score (nSPS) is 12.0. The Morgan fingerprint density at radius 3 is 2.50 bits per heavy atom. The van der Waals surface area contributed by atoms with Gasteiger partial charge in [0, 0.05) is 5.39 Å². The highest BCUT2D eigenvalue weighted by Gasteiger charge is 2.41. The number of benzene rings is 1. The summed E-state index contributed by atoms with van der Waals surface area (Å²) in [4.78, 5) is 10.8. The van der Waals surface area contributed by atoms with Crippen LogP contribution in [0.2, 0.25) is 0 Å². The van der Waals surface area contributed by atoms with Crippen LogP contribution < -0.4 is 0 Å². The third-order valence-corrected chi connectivity index (χ3v) is 1.98. The molecule has 0 fully saturated rings. The minimum Gasteiger partial charge on any atom is -0.449 e. The molecule has 0 N–H and O–H groups in total. The summed E-state index contributed by atoms with van der Waals surface area (Å²) in [6.45, 7) is 0. The number of hydrogen-bond donors (Lipinski definition) is 0. The Kier molecular flexibility index (Phi) is 2.22. The van der Waals surface area contributed by atoms with Gasteiger partial charge in [-0.05, 0) is 12.1 Å². The molecule has 0 radical (unpaired) electrons. The minimum atomic E-state index is -5.02. The van der Waals surface area contributed by atoms with Crippen LogP contribution >= 0.6 is 0 Å². The number of rotatable bonds is 1. The van der Waals surface area contributed by atoms with Crippen molar-refractivity contribution in [2.75, 3.05) is 0 Å². The van der Waals surface area contributed by atoms with Crippen molar-refractivity contribution >= 4 is 16.8 Å². The fraction of sp³-hybridized carbons (Fsp3) is 0.100. The predicted octanol–water partition coefficient (Wildman–Crippen LogP) is 3.32. The van der Waals surface area contributed by atoms with Gasteiger partial charge >= 0.3 is 12.0 Å². The van der Waals surface area contributed by atoms with Crippen LogP contribution in [0.25, 0.3) is 11.0 Å². The van der Waals surface area contributed by atoms with E-state index in [0.717, 1.165) is 12.1 Å². The fourth-order valence-electron chi connectivity index (χ4n) is 1.28. The first-order valence-electron chi connectivity index (χ1n) is 4.19. The zero-order chi connectivity index (χ0) is 11.9. The van der Waals surface area contributed by atoms with Crippen LogP contribution in [0.5, 0.6) is 0 Å². The standard InChI is InChI=1S/C10H4F4O2/c11-6-3-1-2-5-4-7(16-8(5)6)9(15)10(12,13)14/h1-4H. The van der Waals surface area contributed by atoms with E-state index in [1.807, 2.05) is 0 Å². The van der Waals surface area contributed by atoms with Crippen LogP contribution in [0, 0.1) is 5.82 Å². The minimum absolute atomic E-state index is 0.118. The number of ketones is 1. The van der Waals surface area contributed by atoms with Gasteiger partial charge in [0.25, 0.3) is 0 Å². The second kappa shape index (κ2) is 3.33. The molecule has 2 nitrogen and oxygen atoms in total. The van der Waals surface area contributed by atoms with E-state index in [1.165, 1.54) is 12.1 Å². The molecule has 0 atom stereocenters. The smallest absolute Gasteiger partial charge is 0.449 e. The molecule has 2 aromatic rings. The molecule has 6 heteroatoms. The zero-order valence-electron chi connectivity index (χ0n) is 7.64. The first kappa shape index (κ1) is 10.7. The lowest BCUT2D eigenvalue weighted by Crippen LogP contribution is -2.21. The molecular weight excluding hydrogens is 228 g/mol. The molecule has 84 valence electrons. The first-order chi connectivity index (χ1) is 7.39. The number of carbonyl (C=O) groups is 1. The Labute approximate surface area is 86.5 Å². The molecule has 0 aliphatic rings. The lowest BCUT2D eigenvalue weighted by Gasteiger charge is -2.00. The van der Waals surface area contributed by atoms with E-state index < -0.39 is 23.5 Å². The van der Waals surface area contributed by atoms with Gasteiger partial charge in [0.2, 0.25) is 0 Å². The SMILES string of the molecule is O=C(c1cc2cccc(F)c2o1)C(F)(F)F.